The first-order chi connectivity index (χ1) is 9.56. The van der Waals surface area contributed by atoms with Gasteiger partial charge in [0.25, 0.3) is 0 Å². The third-order valence-corrected chi connectivity index (χ3v) is 2.85. The summed E-state index contributed by atoms with van der Waals surface area (Å²) < 4.78 is 5.11. The summed E-state index contributed by atoms with van der Waals surface area (Å²) in [7, 11) is 1.60. The van der Waals surface area contributed by atoms with Crippen molar-refractivity contribution in [3.05, 3.63) is 29.8 Å². The monoisotopic (exact) mass is 280 g/mol. The fraction of sp³-hybridized carbons (Fsp3) is 0.429. The second kappa shape index (κ2) is 8.04. The van der Waals surface area contributed by atoms with E-state index >= 15 is 0 Å². The number of hydrogen-bond acceptors (Lipinski definition) is 3. The number of nitrogens with one attached hydrogen (secondary N) is 2. The lowest BCUT2D eigenvalue weighted by Crippen LogP contribution is -2.46. The highest BCUT2D eigenvalue weighted by Gasteiger charge is 2.16. The molecule has 1 aromatic carbocycles. The van der Waals surface area contributed by atoms with Gasteiger partial charge in [0.2, 0.25) is 0 Å². The van der Waals surface area contributed by atoms with E-state index < -0.39 is 18.0 Å². The van der Waals surface area contributed by atoms with Crippen LogP contribution in [-0.4, -0.2) is 36.8 Å². The predicted octanol–water partition coefficient (Wildman–Crippen LogP) is 1.40. The molecule has 0 saturated carbocycles. The van der Waals surface area contributed by atoms with Crippen LogP contribution in [0.15, 0.2) is 24.3 Å². The van der Waals surface area contributed by atoms with Crippen LogP contribution >= 0.6 is 0 Å². The molecule has 20 heavy (non-hydrogen) atoms. The molecule has 3 N–H and O–H groups in total. The van der Waals surface area contributed by atoms with E-state index in [4.69, 9.17) is 9.84 Å². The Hall–Kier alpha value is -2.24. The molecule has 1 rings (SSSR count). The summed E-state index contributed by atoms with van der Waals surface area (Å²) in [5.74, 6) is -0.265. The van der Waals surface area contributed by atoms with Crippen molar-refractivity contribution in [3.8, 4) is 5.75 Å². The van der Waals surface area contributed by atoms with Crippen LogP contribution in [-0.2, 0) is 11.2 Å². The first kappa shape index (κ1) is 15.8. The maximum Gasteiger partial charge on any atom is 0.326 e. The minimum atomic E-state index is -1.03. The van der Waals surface area contributed by atoms with Gasteiger partial charge in [-0.25, -0.2) is 9.59 Å². The van der Waals surface area contributed by atoms with Crippen LogP contribution in [0.1, 0.15) is 18.9 Å². The van der Waals surface area contributed by atoms with Crippen LogP contribution in [0.5, 0.6) is 5.75 Å². The third kappa shape index (κ3) is 5.17. The normalized spacial score (nSPS) is 11.5. The van der Waals surface area contributed by atoms with Crippen molar-refractivity contribution in [3.63, 3.8) is 0 Å². The molecule has 1 aromatic rings. The van der Waals surface area contributed by atoms with E-state index in [2.05, 4.69) is 10.6 Å². The molecular weight excluding hydrogens is 260 g/mol. The molecule has 0 unspecified atom stereocenters. The second-order valence-corrected chi connectivity index (χ2v) is 4.30. The molecule has 6 heteroatoms. The van der Waals surface area contributed by atoms with E-state index in [1.54, 1.807) is 14.0 Å². The van der Waals surface area contributed by atoms with Gasteiger partial charge in [-0.3, -0.25) is 0 Å². The number of amides is 2. The second-order valence-electron chi connectivity index (χ2n) is 4.30. The Balaban J connectivity index is 2.36. The van der Waals surface area contributed by atoms with Crippen LogP contribution in [0.25, 0.3) is 0 Å². The van der Waals surface area contributed by atoms with Crippen molar-refractivity contribution in [2.75, 3.05) is 13.7 Å². The Bertz CT molecular complexity index is 462. The van der Waals surface area contributed by atoms with Crippen molar-refractivity contribution >= 4 is 12.0 Å². The fourth-order valence-corrected chi connectivity index (χ4v) is 1.70. The van der Waals surface area contributed by atoms with E-state index in [0.29, 0.717) is 19.4 Å². The average Bonchev–Trinajstić information content (AvgIpc) is 2.44. The molecule has 110 valence electrons. The van der Waals surface area contributed by atoms with Gasteiger partial charge >= 0.3 is 12.0 Å². The standard InChI is InChI=1S/C14H20N2O4/c1-3-12(13(17)18)16-14(19)15-8-7-10-5-4-6-11(9-10)20-2/h4-6,9,12H,3,7-8H2,1-2H3,(H,17,18)(H2,15,16,19)/t12-/m0/s1. The number of carboxylic acids is 1. The first-order valence-corrected chi connectivity index (χ1v) is 6.47. The van der Waals surface area contributed by atoms with Crippen molar-refractivity contribution in [2.45, 2.75) is 25.8 Å². The molecule has 1 atom stereocenters. The van der Waals surface area contributed by atoms with E-state index in [0.717, 1.165) is 11.3 Å². The Morgan fingerprint density at radius 2 is 2.15 bits per heavy atom. The van der Waals surface area contributed by atoms with E-state index in [1.807, 2.05) is 24.3 Å². The zero-order valence-electron chi connectivity index (χ0n) is 11.7. The van der Waals surface area contributed by atoms with Gasteiger partial charge in [0.05, 0.1) is 7.11 Å². The number of ether oxygens (including phenoxy) is 1. The van der Waals surface area contributed by atoms with Crippen molar-refractivity contribution in [1.29, 1.82) is 0 Å². The van der Waals surface area contributed by atoms with E-state index in [1.165, 1.54) is 0 Å². The third-order valence-electron chi connectivity index (χ3n) is 2.85. The predicted molar refractivity (Wildman–Crippen MR) is 74.9 cm³/mol. The SMILES string of the molecule is CC[C@H](NC(=O)NCCc1cccc(OC)c1)C(=O)O. The zero-order chi connectivity index (χ0) is 15.0. The fourth-order valence-electron chi connectivity index (χ4n) is 1.70. The molecular formula is C14H20N2O4. The minimum Gasteiger partial charge on any atom is -0.497 e. The number of urea groups is 1. The lowest BCUT2D eigenvalue weighted by Gasteiger charge is -2.13. The summed E-state index contributed by atoms with van der Waals surface area (Å²) in [5.41, 5.74) is 1.04. The summed E-state index contributed by atoms with van der Waals surface area (Å²) in [6.45, 7) is 2.13. The molecule has 0 aliphatic carbocycles. The van der Waals surface area contributed by atoms with Gasteiger partial charge in [0.15, 0.2) is 0 Å². The smallest absolute Gasteiger partial charge is 0.326 e. The molecule has 0 radical (unpaired) electrons. The summed E-state index contributed by atoms with van der Waals surface area (Å²) >= 11 is 0. The Morgan fingerprint density at radius 3 is 2.75 bits per heavy atom. The van der Waals surface area contributed by atoms with Crippen molar-refractivity contribution in [1.82, 2.24) is 10.6 Å². The average molecular weight is 280 g/mol. The lowest BCUT2D eigenvalue weighted by molar-refractivity contribution is -0.139. The molecule has 0 aliphatic rings. The van der Waals surface area contributed by atoms with Crippen LogP contribution < -0.4 is 15.4 Å². The molecule has 0 saturated heterocycles. The van der Waals surface area contributed by atoms with Gasteiger partial charge < -0.3 is 20.5 Å². The summed E-state index contributed by atoms with van der Waals surface area (Å²) in [6, 6.07) is 6.24. The molecule has 6 nitrogen and oxygen atoms in total. The largest absolute Gasteiger partial charge is 0.497 e. The van der Waals surface area contributed by atoms with Crippen molar-refractivity contribution in [2.24, 2.45) is 0 Å². The van der Waals surface area contributed by atoms with Crippen LogP contribution in [0.4, 0.5) is 4.79 Å². The molecule has 0 bridgehead atoms. The number of benzene rings is 1. The highest BCUT2D eigenvalue weighted by molar-refractivity contribution is 5.82. The van der Waals surface area contributed by atoms with Gasteiger partial charge in [0.1, 0.15) is 11.8 Å². The molecule has 2 amide bonds. The number of carbonyl (C=O) groups excluding carboxylic acids is 1. The Labute approximate surface area is 118 Å². The quantitative estimate of drug-likeness (QED) is 0.704. The maximum atomic E-state index is 11.5. The van der Waals surface area contributed by atoms with Crippen molar-refractivity contribution < 1.29 is 19.4 Å². The number of carboxylic acid groups (broad SMARTS) is 1. The molecule has 0 spiro atoms. The molecule has 0 aromatic heterocycles. The van der Waals surface area contributed by atoms with Gasteiger partial charge in [-0.05, 0) is 30.5 Å². The first-order valence-electron chi connectivity index (χ1n) is 6.47. The Morgan fingerprint density at radius 1 is 1.40 bits per heavy atom. The maximum absolute atomic E-state index is 11.5. The van der Waals surface area contributed by atoms with Gasteiger partial charge in [-0.2, -0.15) is 0 Å². The summed E-state index contributed by atoms with van der Waals surface area (Å²) in [5, 5.41) is 13.9. The molecule has 0 fully saturated rings. The van der Waals surface area contributed by atoms with Gasteiger partial charge in [-0.15, -0.1) is 0 Å². The number of hydrogen-bond donors (Lipinski definition) is 3. The number of rotatable bonds is 7. The number of methoxy groups -OCH3 is 1. The summed E-state index contributed by atoms with van der Waals surface area (Å²) in [6.07, 6.45) is 0.993. The van der Waals surface area contributed by atoms with Crippen LogP contribution in [0, 0.1) is 0 Å². The molecule has 0 aliphatic heterocycles. The van der Waals surface area contributed by atoms with Gasteiger partial charge in [-0.1, -0.05) is 19.1 Å². The van der Waals surface area contributed by atoms with Gasteiger partial charge in [0, 0.05) is 6.54 Å². The zero-order valence-corrected chi connectivity index (χ0v) is 11.7. The topological polar surface area (TPSA) is 87.7 Å². The lowest BCUT2D eigenvalue weighted by atomic mass is 10.1. The number of aliphatic carboxylic acids is 1. The van der Waals surface area contributed by atoms with E-state index in [-0.39, 0.29) is 0 Å². The summed E-state index contributed by atoms with van der Waals surface area (Å²) in [4.78, 5) is 22.3. The molecule has 0 heterocycles. The van der Waals surface area contributed by atoms with E-state index in [9.17, 15) is 9.59 Å². The van der Waals surface area contributed by atoms with Crippen LogP contribution in [0.2, 0.25) is 0 Å². The van der Waals surface area contributed by atoms with Crippen LogP contribution in [0.3, 0.4) is 0 Å². The highest BCUT2D eigenvalue weighted by atomic mass is 16.5. The Kier molecular flexibility index (Phi) is 6.36. The highest BCUT2D eigenvalue weighted by Crippen LogP contribution is 2.12. The number of carbonyl (C=O) groups is 2. The minimum absolute atomic E-state index is 0.346.